The Hall–Kier alpha value is -0.720. The van der Waals surface area contributed by atoms with Gasteiger partial charge in [0.15, 0.2) is 9.84 Å². The van der Waals surface area contributed by atoms with Gasteiger partial charge in [0.05, 0.1) is 6.10 Å². The first-order valence-corrected chi connectivity index (χ1v) is 9.32. The third kappa shape index (κ3) is 3.43. The number of sulfone groups is 1. The third-order valence-corrected chi connectivity index (χ3v) is 5.93. The van der Waals surface area contributed by atoms with Gasteiger partial charge in [-0.05, 0) is 24.6 Å². The molecule has 2 atom stereocenters. The van der Waals surface area contributed by atoms with E-state index in [1.165, 1.54) is 6.26 Å². The van der Waals surface area contributed by atoms with Crippen molar-refractivity contribution < 1.29 is 13.5 Å². The summed E-state index contributed by atoms with van der Waals surface area (Å²) in [5, 5.41) is 9.04. The van der Waals surface area contributed by atoms with Crippen molar-refractivity contribution in [2.24, 2.45) is 0 Å². The Labute approximate surface area is 118 Å². The lowest BCUT2D eigenvalue weighted by Crippen LogP contribution is -2.47. The van der Waals surface area contributed by atoms with Crippen LogP contribution in [0.15, 0.2) is 24.3 Å². The molecule has 1 unspecified atom stereocenters. The van der Waals surface area contributed by atoms with E-state index in [1.54, 1.807) is 18.7 Å². The van der Waals surface area contributed by atoms with Crippen LogP contribution >= 0.6 is 11.8 Å². The number of hydrogen-bond acceptors (Lipinski definition) is 5. The molecule has 0 bridgehead atoms. The van der Waals surface area contributed by atoms with Gasteiger partial charge in [0.2, 0.25) is 0 Å². The Morgan fingerprint density at radius 3 is 2.53 bits per heavy atom. The smallest absolute Gasteiger partial charge is 0.169 e. The molecule has 1 aliphatic rings. The average molecular weight is 301 g/mol. The fourth-order valence-corrected chi connectivity index (χ4v) is 5.02. The number of hydrogen-bond donors (Lipinski definition) is 1. The maximum absolute atomic E-state index is 11.9. The zero-order chi connectivity index (χ0) is 14.0. The van der Waals surface area contributed by atoms with Gasteiger partial charge in [-0.1, -0.05) is 12.1 Å². The lowest BCUT2D eigenvalue weighted by atomic mass is 10.1. The number of aliphatic hydroxyl groups excluding tert-OH is 1. The molecule has 106 valence electrons. The van der Waals surface area contributed by atoms with E-state index in [0.717, 1.165) is 23.5 Å². The molecule has 0 amide bonds. The molecule has 4 nitrogen and oxygen atoms in total. The number of benzene rings is 1. The summed E-state index contributed by atoms with van der Waals surface area (Å²) in [5.74, 6) is 1.54. The molecule has 6 heteroatoms. The molecular weight excluding hydrogens is 282 g/mol. The van der Waals surface area contributed by atoms with Gasteiger partial charge >= 0.3 is 0 Å². The van der Waals surface area contributed by atoms with Crippen LogP contribution in [0.25, 0.3) is 0 Å². The van der Waals surface area contributed by atoms with Crippen molar-refractivity contribution in [3.05, 3.63) is 29.8 Å². The first-order chi connectivity index (χ1) is 8.89. The van der Waals surface area contributed by atoms with Crippen LogP contribution in [-0.4, -0.2) is 43.2 Å². The fourth-order valence-electron chi connectivity index (χ4n) is 2.18. The maximum Gasteiger partial charge on any atom is 0.169 e. The molecule has 1 saturated heterocycles. The first kappa shape index (κ1) is 14.7. The van der Waals surface area contributed by atoms with Crippen molar-refractivity contribution in [1.82, 2.24) is 0 Å². The van der Waals surface area contributed by atoms with E-state index < -0.39 is 21.3 Å². The quantitative estimate of drug-likeness (QED) is 0.920. The molecule has 1 aromatic rings. The molecule has 1 aliphatic heterocycles. The summed E-state index contributed by atoms with van der Waals surface area (Å²) < 4.78 is 23.7. The van der Waals surface area contributed by atoms with E-state index in [-0.39, 0.29) is 0 Å². The topological polar surface area (TPSA) is 57.6 Å². The lowest BCUT2D eigenvalue weighted by molar-refractivity contribution is 0.199. The number of nitrogens with zero attached hydrogens (tertiary/aromatic N) is 1. The second-order valence-electron chi connectivity index (χ2n) is 4.82. The maximum atomic E-state index is 11.9. The number of rotatable bonds is 3. The Morgan fingerprint density at radius 2 is 2.00 bits per heavy atom. The van der Waals surface area contributed by atoms with Crippen LogP contribution in [0.4, 0.5) is 5.69 Å². The van der Waals surface area contributed by atoms with Gasteiger partial charge in [0.25, 0.3) is 0 Å². The van der Waals surface area contributed by atoms with Gasteiger partial charge in [-0.3, -0.25) is 0 Å². The Bertz CT molecular complexity index is 525. The molecule has 0 aromatic heterocycles. The predicted molar refractivity (Wildman–Crippen MR) is 80.4 cm³/mol. The van der Waals surface area contributed by atoms with Crippen molar-refractivity contribution in [3.63, 3.8) is 0 Å². The molecule has 1 heterocycles. The van der Waals surface area contributed by atoms with Gasteiger partial charge < -0.3 is 10.0 Å². The summed E-state index contributed by atoms with van der Waals surface area (Å²) in [5.41, 5.74) is 1.74. The molecule has 1 aromatic carbocycles. The summed E-state index contributed by atoms with van der Waals surface area (Å²) in [6.07, 6.45) is 0.789. The normalized spacial score (nSPS) is 22.3. The third-order valence-electron chi connectivity index (χ3n) is 3.29. The standard InChI is InChI=1S/C13H19NO3S2/c1-10(15)11-3-5-12(6-4-11)14-7-8-18-9-13(14)19(2,16)17/h3-6,10,13,15H,7-9H2,1-2H3/t10-,13?/m0/s1. The Morgan fingerprint density at radius 1 is 1.37 bits per heavy atom. The van der Waals surface area contributed by atoms with E-state index in [1.807, 2.05) is 29.2 Å². The summed E-state index contributed by atoms with van der Waals surface area (Å²) in [6, 6.07) is 7.47. The van der Waals surface area contributed by atoms with Crippen molar-refractivity contribution in [2.45, 2.75) is 18.4 Å². The number of aliphatic hydroxyl groups is 1. The van der Waals surface area contributed by atoms with Crippen LogP contribution in [0.5, 0.6) is 0 Å². The molecule has 0 aliphatic carbocycles. The zero-order valence-electron chi connectivity index (χ0n) is 11.1. The van der Waals surface area contributed by atoms with E-state index in [4.69, 9.17) is 0 Å². The highest BCUT2D eigenvalue weighted by Crippen LogP contribution is 2.27. The molecule has 0 saturated carbocycles. The molecular formula is C13H19NO3S2. The van der Waals surface area contributed by atoms with Gasteiger partial charge in [-0.25, -0.2) is 8.42 Å². The number of thioether (sulfide) groups is 1. The molecule has 2 rings (SSSR count). The predicted octanol–water partition coefficient (Wildman–Crippen LogP) is 1.66. The second-order valence-corrected chi connectivity index (χ2v) is 8.17. The van der Waals surface area contributed by atoms with Gasteiger partial charge in [-0.2, -0.15) is 11.8 Å². The zero-order valence-corrected chi connectivity index (χ0v) is 12.7. The molecule has 1 fully saturated rings. The van der Waals surface area contributed by atoms with Crippen LogP contribution in [0.3, 0.4) is 0 Å². The van der Waals surface area contributed by atoms with E-state index in [0.29, 0.717) is 5.75 Å². The molecule has 19 heavy (non-hydrogen) atoms. The SMILES string of the molecule is C[C@H](O)c1ccc(N2CCSCC2S(C)(=O)=O)cc1. The van der Waals surface area contributed by atoms with Crippen LogP contribution in [-0.2, 0) is 9.84 Å². The number of anilines is 1. The van der Waals surface area contributed by atoms with E-state index in [9.17, 15) is 13.5 Å². The van der Waals surface area contributed by atoms with Gasteiger partial charge in [0.1, 0.15) is 5.37 Å². The first-order valence-electron chi connectivity index (χ1n) is 6.21. The second kappa shape index (κ2) is 5.73. The van der Waals surface area contributed by atoms with E-state index >= 15 is 0 Å². The average Bonchev–Trinajstić information content (AvgIpc) is 2.38. The highest BCUT2D eigenvalue weighted by molar-refractivity contribution is 8.01. The van der Waals surface area contributed by atoms with Crippen LogP contribution in [0.1, 0.15) is 18.6 Å². The fraction of sp³-hybridized carbons (Fsp3) is 0.538. The minimum Gasteiger partial charge on any atom is -0.389 e. The van der Waals surface area contributed by atoms with Gasteiger partial charge in [-0.15, -0.1) is 0 Å². The summed E-state index contributed by atoms with van der Waals surface area (Å²) >= 11 is 1.68. The minimum atomic E-state index is -3.09. The Kier molecular flexibility index (Phi) is 4.43. The summed E-state index contributed by atoms with van der Waals surface area (Å²) in [4.78, 5) is 1.94. The van der Waals surface area contributed by atoms with Crippen molar-refractivity contribution in [3.8, 4) is 0 Å². The lowest BCUT2D eigenvalue weighted by Gasteiger charge is -2.36. The molecule has 0 radical (unpaired) electrons. The highest BCUT2D eigenvalue weighted by atomic mass is 32.2. The Balaban J connectivity index is 2.27. The minimum absolute atomic E-state index is 0.455. The summed E-state index contributed by atoms with van der Waals surface area (Å²) in [6.45, 7) is 2.45. The molecule has 0 spiro atoms. The van der Waals surface area contributed by atoms with Crippen molar-refractivity contribution >= 4 is 27.3 Å². The molecule has 1 N–H and O–H groups in total. The van der Waals surface area contributed by atoms with Crippen LogP contribution in [0, 0.1) is 0 Å². The van der Waals surface area contributed by atoms with Crippen molar-refractivity contribution in [1.29, 1.82) is 0 Å². The van der Waals surface area contributed by atoms with Crippen LogP contribution < -0.4 is 4.90 Å². The largest absolute Gasteiger partial charge is 0.389 e. The van der Waals surface area contributed by atoms with E-state index in [2.05, 4.69) is 0 Å². The highest BCUT2D eigenvalue weighted by Gasteiger charge is 2.31. The summed E-state index contributed by atoms with van der Waals surface area (Å²) in [7, 11) is -3.09. The monoisotopic (exact) mass is 301 g/mol. The van der Waals surface area contributed by atoms with Gasteiger partial charge in [0, 0.05) is 30.0 Å². The van der Waals surface area contributed by atoms with Crippen molar-refractivity contribution in [2.75, 3.05) is 29.2 Å². The van der Waals surface area contributed by atoms with Crippen LogP contribution in [0.2, 0.25) is 0 Å².